The van der Waals surface area contributed by atoms with Crippen molar-refractivity contribution in [1.82, 2.24) is 0 Å². The predicted octanol–water partition coefficient (Wildman–Crippen LogP) is 16.4. The van der Waals surface area contributed by atoms with Crippen LogP contribution in [0.2, 0.25) is 0 Å². The fourth-order valence-electron chi connectivity index (χ4n) is 10.8. The van der Waals surface area contributed by atoms with E-state index in [0.29, 0.717) is 0 Å². The summed E-state index contributed by atoms with van der Waals surface area (Å²) in [6, 6.07) is 86.2. The van der Waals surface area contributed by atoms with E-state index in [1.54, 1.807) is 0 Å². The van der Waals surface area contributed by atoms with Crippen LogP contribution in [0.15, 0.2) is 241 Å². The van der Waals surface area contributed by atoms with Gasteiger partial charge in [-0.2, -0.15) is 0 Å². The van der Waals surface area contributed by atoms with Crippen molar-refractivity contribution in [2.24, 2.45) is 0 Å². The average Bonchev–Trinajstić information content (AvgIpc) is 3.97. The van der Waals surface area contributed by atoms with Crippen LogP contribution in [0.4, 0.5) is 17.1 Å². The second kappa shape index (κ2) is 14.9. The Balaban J connectivity index is 1.14. The number of hydrogen-bond donors (Lipinski definition) is 0. The fourth-order valence-corrected chi connectivity index (χ4v) is 10.8. The van der Waals surface area contributed by atoms with E-state index < -0.39 is 5.41 Å². The number of nitrogens with zero attached hydrogens (tertiary/aromatic N) is 1. The van der Waals surface area contributed by atoms with Crippen molar-refractivity contribution in [3.05, 3.63) is 270 Å². The standard InChI is InChI=1S/C62H45NO/c1-61(2)54-31-19-18-30-51(54)52-38-36-49(40-55(52)61)63(48-34-32-43(33-35-48)42-20-8-3-9-21-42)50-37-39-53-56(41-50)62(46-26-14-6-15-27-46,47-28-16-7-17-29-47)58-57(44-22-10-4-11-23-44)59(64-60(53)58)45-24-12-5-13-25-45/h3-41H,1-2H3. The first kappa shape index (κ1) is 37.8. The van der Waals surface area contributed by atoms with Gasteiger partial charge >= 0.3 is 0 Å². The molecule has 0 bridgehead atoms. The van der Waals surface area contributed by atoms with Gasteiger partial charge in [0.15, 0.2) is 0 Å². The Morgan fingerprint density at radius 3 is 1.41 bits per heavy atom. The van der Waals surface area contributed by atoms with Crippen LogP contribution in [0.5, 0.6) is 0 Å². The third-order valence-electron chi connectivity index (χ3n) is 13.8. The molecular formula is C62H45NO. The SMILES string of the molecule is CC1(C)c2ccccc2-c2ccc(N(c3ccc(-c4ccccc4)cc3)c3ccc4c(c3)C(c3ccccc3)(c3ccccc3)c3c-4oc(-c4ccccc4)c3-c3ccccc3)cc21. The minimum absolute atomic E-state index is 0.156. The highest BCUT2D eigenvalue weighted by Crippen LogP contribution is 2.62. The van der Waals surface area contributed by atoms with Crippen LogP contribution in [0, 0.1) is 0 Å². The summed E-state index contributed by atoms with van der Waals surface area (Å²) < 4.78 is 7.34. The van der Waals surface area contributed by atoms with Crippen LogP contribution in [0.25, 0.3) is 56.0 Å². The minimum atomic E-state index is -0.727. The molecule has 1 heterocycles. The van der Waals surface area contributed by atoms with Gasteiger partial charge in [-0.05, 0) is 98.1 Å². The van der Waals surface area contributed by atoms with Crippen molar-refractivity contribution in [2.75, 3.05) is 4.90 Å². The zero-order valence-corrected chi connectivity index (χ0v) is 35.9. The lowest BCUT2D eigenvalue weighted by atomic mass is 9.66. The highest BCUT2D eigenvalue weighted by Gasteiger charge is 2.51. The lowest BCUT2D eigenvalue weighted by Gasteiger charge is -2.35. The monoisotopic (exact) mass is 819 g/mol. The Bertz CT molecular complexity index is 3270. The van der Waals surface area contributed by atoms with Crippen LogP contribution in [-0.2, 0) is 10.8 Å². The first-order valence-corrected chi connectivity index (χ1v) is 22.3. The van der Waals surface area contributed by atoms with E-state index in [0.717, 1.165) is 56.4 Å². The molecule has 2 nitrogen and oxygen atoms in total. The summed E-state index contributed by atoms with van der Waals surface area (Å²) in [5.41, 5.74) is 19.2. The van der Waals surface area contributed by atoms with Crippen molar-refractivity contribution in [3.8, 4) is 56.0 Å². The van der Waals surface area contributed by atoms with Gasteiger partial charge in [-0.15, -0.1) is 0 Å². The summed E-state index contributed by atoms with van der Waals surface area (Å²) in [5, 5.41) is 0. The molecule has 0 amide bonds. The third-order valence-corrected chi connectivity index (χ3v) is 13.8. The molecule has 2 aliphatic rings. The van der Waals surface area contributed by atoms with Crippen molar-refractivity contribution in [2.45, 2.75) is 24.7 Å². The number of hydrogen-bond acceptors (Lipinski definition) is 2. The van der Waals surface area contributed by atoms with Crippen molar-refractivity contribution in [1.29, 1.82) is 0 Å². The molecule has 64 heavy (non-hydrogen) atoms. The molecule has 2 heteroatoms. The molecule has 0 aliphatic heterocycles. The first-order valence-electron chi connectivity index (χ1n) is 22.3. The Morgan fingerprint density at radius 2 is 0.797 bits per heavy atom. The zero-order valence-electron chi connectivity index (χ0n) is 35.9. The van der Waals surface area contributed by atoms with Gasteiger partial charge in [0.2, 0.25) is 0 Å². The topological polar surface area (TPSA) is 16.4 Å². The van der Waals surface area contributed by atoms with E-state index in [1.807, 2.05) is 0 Å². The third kappa shape index (κ3) is 5.72. The molecular weight excluding hydrogens is 775 g/mol. The van der Waals surface area contributed by atoms with E-state index in [9.17, 15) is 0 Å². The van der Waals surface area contributed by atoms with Gasteiger partial charge in [0.25, 0.3) is 0 Å². The molecule has 0 fully saturated rings. The minimum Gasteiger partial charge on any atom is -0.455 e. The van der Waals surface area contributed by atoms with Crippen LogP contribution in [0.3, 0.4) is 0 Å². The molecule has 10 aromatic rings. The normalized spacial score (nSPS) is 13.7. The summed E-state index contributed by atoms with van der Waals surface area (Å²) >= 11 is 0. The van der Waals surface area contributed by atoms with E-state index in [1.165, 1.54) is 50.1 Å². The number of furan rings is 1. The van der Waals surface area contributed by atoms with Gasteiger partial charge < -0.3 is 9.32 Å². The van der Waals surface area contributed by atoms with E-state index in [4.69, 9.17) is 4.42 Å². The molecule has 304 valence electrons. The molecule has 12 rings (SSSR count). The van der Waals surface area contributed by atoms with Crippen LogP contribution in [0.1, 0.15) is 47.2 Å². The molecule has 2 aliphatic carbocycles. The Labute approximate surface area is 375 Å². The second-order valence-electron chi connectivity index (χ2n) is 17.6. The molecule has 0 unspecified atom stereocenters. The maximum Gasteiger partial charge on any atom is 0.142 e. The summed E-state index contributed by atoms with van der Waals surface area (Å²) in [6.45, 7) is 4.72. The molecule has 0 atom stereocenters. The summed E-state index contributed by atoms with van der Waals surface area (Å²) in [7, 11) is 0. The van der Waals surface area contributed by atoms with Crippen molar-refractivity contribution >= 4 is 17.1 Å². The largest absolute Gasteiger partial charge is 0.455 e. The smallest absolute Gasteiger partial charge is 0.142 e. The Morgan fingerprint density at radius 1 is 0.344 bits per heavy atom. The van der Waals surface area contributed by atoms with Gasteiger partial charge in [-0.1, -0.05) is 208 Å². The summed E-state index contributed by atoms with van der Waals surface area (Å²) in [6.07, 6.45) is 0. The zero-order chi connectivity index (χ0) is 42.8. The molecule has 1 aromatic heterocycles. The average molecular weight is 820 g/mol. The Kier molecular flexibility index (Phi) is 8.77. The van der Waals surface area contributed by atoms with Crippen LogP contribution in [-0.4, -0.2) is 0 Å². The van der Waals surface area contributed by atoms with Gasteiger partial charge in [0.1, 0.15) is 11.5 Å². The summed E-state index contributed by atoms with van der Waals surface area (Å²) in [5.74, 6) is 1.78. The van der Waals surface area contributed by atoms with Gasteiger partial charge in [0.05, 0.1) is 5.41 Å². The maximum absolute atomic E-state index is 7.34. The number of rotatable bonds is 8. The molecule has 0 radical (unpaired) electrons. The van der Waals surface area contributed by atoms with Gasteiger partial charge in [-0.25, -0.2) is 0 Å². The second-order valence-corrected chi connectivity index (χ2v) is 17.6. The Hall–Kier alpha value is -7.94. The lowest BCUT2D eigenvalue weighted by molar-refractivity contribution is 0.596. The van der Waals surface area contributed by atoms with Gasteiger partial charge in [0, 0.05) is 44.7 Å². The summed E-state index contributed by atoms with van der Waals surface area (Å²) in [4.78, 5) is 2.45. The molecule has 9 aromatic carbocycles. The van der Waals surface area contributed by atoms with E-state index in [-0.39, 0.29) is 5.41 Å². The molecule has 0 spiro atoms. The maximum atomic E-state index is 7.34. The van der Waals surface area contributed by atoms with Gasteiger partial charge in [-0.3, -0.25) is 0 Å². The van der Waals surface area contributed by atoms with E-state index >= 15 is 0 Å². The lowest BCUT2D eigenvalue weighted by Crippen LogP contribution is -2.29. The highest BCUT2D eigenvalue weighted by atomic mass is 16.3. The molecule has 0 saturated carbocycles. The predicted molar refractivity (Wildman–Crippen MR) is 265 cm³/mol. The van der Waals surface area contributed by atoms with Crippen LogP contribution >= 0.6 is 0 Å². The number of anilines is 3. The number of fused-ring (bicyclic) bond motifs is 6. The van der Waals surface area contributed by atoms with E-state index in [2.05, 4.69) is 255 Å². The number of benzene rings is 9. The molecule has 0 N–H and O–H groups in total. The quantitative estimate of drug-likeness (QED) is 0.152. The fraction of sp³-hybridized carbons (Fsp3) is 0.0645. The van der Waals surface area contributed by atoms with Crippen molar-refractivity contribution in [3.63, 3.8) is 0 Å². The molecule has 0 saturated heterocycles. The highest BCUT2D eigenvalue weighted by molar-refractivity contribution is 5.97. The van der Waals surface area contributed by atoms with Crippen molar-refractivity contribution < 1.29 is 4.42 Å². The first-order chi connectivity index (χ1) is 31.5. The van der Waals surface area contributed by atoms with Crippen LogP contribution < -0.4 is 4.90 Å².